The normalized spacial score (nSPS) is 32.8. The largest absolute Gasteiger partial charge is 0.403 e. The molecule has 0 saturated carbocycles. The molecule has 3 aliphatic rings. The summed E-state index contributed by atoms with van der Waals surface area (Å²) in [5.41, 5.74) is 1.13. The molecule has 5 unspecified atom stereocenters. The molecule has 0 spiro atoms. The third kappa shape index (κ3) is 6.44. The van der Waals surface area contributed by atoms with Crippen LogP contribution in [-0.4, -0.2) is 55.4 Å². The zero-order chi connectivity index (χ0) is 22.8. The lowest BCUT2D eigenvalue weighted by Crippen LogP contribution is -2.53. The van der Waals surface area contributed by atoms with Crippen LogP contribution >= 0.6 is 0 Å². The van der Waals surface area contributed by atoms with Crippen molar-refractivity contribution in [3.05, 3.63) is 11.6 Å². The third-order valence-electron chi connectivity index (χ3n) is 6.53. The van der Waals surface area contributed by atoms with E-state index in [4.69, 9.17) is 4.74 Å². The second-order valence-electron chi connectivity index (χ2n) is 9.95. The first kappa shape index (κ1) is 24.0. The molecule has 1 aliphatic carbocycles. The first-order valence-electron chi connectivity index (χ1n) is 11.2. The summed E-state index contributed by atoms with van der Waals surface area (Å²) in [7, 11) is 0. The van der Waals surface area contributed by atoms with Gasteiger partial charge in [0.2, 0.25) is 11.8 Å². The molecule has 2 amide bonds. The summed E-state index contributed by atoms with van der Waals surface area (Å²) in [5, 5.41) is 8.34. The van der Waals surface area contributed by atoms with E-state index >= 15 is 0 Å². The summed E-state index contributed by atoms with van der Waals surface area (Å²) in [4.78, 5) is 24.4. The van der Waals surface area contributed by atoms with Gasteiger partial charge in [0.25, 0.3) is 0 Å². The summed E-state index contributed by atoms with van der Waals surface area (Å²) in [6.45, 7) is 6.86. The van der Waals surface area contributed by atoms with Crippen molar-refractivity contribution in [1.29, 1.82) is 0 Å². The number of piperidine rings is 2. The van der Waals surface area contributed by atoms with Gasteiger partial charge in [-0.2, -0.15) is 13.2 Å². The Balaban J connectivity index is 1.64. The molecule has 0 radical (unpaired) electrons. The van der Waals surface area contributed by atoms with Crippen LogP contribution in [0.1, 0.15) is 59.3 Å². The fourth-order valence-corrected chi connectivity index (χ4v) is 4.53. The molecular weight excluding hydrogens is 411 g/mol. The number of halogens is 3. The van der Waals surface area contributed by atoms with Crippen LogP contribution in [0.5, 0.6) is 0 Å². The van der Waals surface area contributed by atoms with E-state index < -0.39 is 18.1 Å². The van der Waals surface area contributed by atoms with E-state index in [-0.39, 0.29) is 48.4 Å². The van der Waals surface area contributed by atoms with Crippen LogP contribution in [0.25, 0.3) is 0 Å². The number of carbonyl (C=O) groups excluding carboxylic acids is 2. The van der Waals surface area contributed by atoms with Crippen molar-refractivity contribution in [2.75, 3.05) is 13.1 Å². The van der Waals surface area contributed by atoms with Gasteiger partial charge in [-0.15, -0.1) is 0 Å². The Kier molecular flexibility index (Phi) is 7.35. The molecule has 2 heterocycles. The molecule has 2 aliphatic heterocycles. The smallest absolute Gasteiger partial charge is 0.372 e. The van der Waals surface area contributed by atoms with E-state index in [0.29, 0.717) is 38.6 Å². The van der Waals surface area contributed by atoms with Gasteiger partial charge in [0, 0.05) is 25.6 Å². The van der Waals surface area contributed by atoms with E-state index in [9.17, 15) is 22.8 Å². The molecule has 3 rings (SSSR count). The van der Waals surface area contributed by atoms with E-state index in [2.05, 4.69) is 42.8 Å². The van der Waals surface area contributed by atoms with Gasteiger partial charge in [0.05, 0.1) is 18.1 Å². The first-order valence-corrected chi connectivity index (χ1v) is 11.2. The zero-order valence-corrected chi connectivity index (χ0v) is 18.5. The van der Waals surface area contributed by atoms with E-state index in [0.717, 1.165) is 0 Å². The van der Waals surface area contributed by atoms with Crippen LogP contribution in [0.15, 0.2) is 11.6 Å². The van der Waals surface area contributed by atoms with Crippen LogP contribution in [0, 0.1) is 11.3 Å². The molecule has 0 aromatic carbocycles. The quantitative estimate of drug-likeness (QED) is 0.582. The highest BCUT2D eigenvalue weighted by atomic mass is 19.4. The summed E-state index contributed by atoms with van der Waals surface area (Å²) >= 11 is 0. The Labute approximate surface area is 181 Å². The average molecular weight is 446 g/mol. The summed E-state index contributed by atoms with van der Waals surface area (Å²) in [5.74, 6) is -0.527. The second kappa shape index (κ2) is 9.48. The molecule has 176 valence electrons. The number of allylic oxidation sites excluding steroid dienone is 1. The summed E-state index contributed by atoms with van der Waals surface area (Å²) < 4.78 is 45.1. The van der Waals surface area contributed by atoms with Crippen molar-refractivity contribution in [3.8, 4) is 0 Å². The molecule has 2 saturated heterocycles. The Morgan fingerprint density at radius 2 is 1.90 bits per heavy atom. The lowest BCUT2D eigenvalue weighted by atomic mass is 9.75. The minimum Gasteiger partial charge on any atom is -0.372 e. The van der Waals surface area contributed by atoms with Crippen LogP contribution in [0.4, 0.5) is 13.2 Å². The van der Waals surface area contributed by atoms with Crippen molar-refractivity contribution in [1.82, 2.24) is 16.0 Å². The maximum absolute atomic E-state index is 13.0. The third-order valence-corrected chi connectivity index (χ3v) is 6.53. The number of amides is 2. The van der Waals surface area contributed by atoms with Crippen LogP contribution in [0.2, 0.25) is 0 Å². The number of hydrogen-bond donors (Lipinski definition) is 3. The van der Waals surface area contributed by atoms with Crippen molar-refractivity contribution >= 4 is 11.8 Å². The number of nitrogens with one attached hydrogen (secondary N) is 3. The highest BCUT2D eigenvalue weighted by molar-refractivity contribution is 5.81. The second-order valence-corrected chi connectivity index (χ2v) is 9.95. The summed E-state index contributed by atoms with van der Waals surface area (Å²) in [6, 6.07) is -1.60. The van der Waals surface area contributed by atoms with Gasteiger partial charge in [-0.05, 0) is 37.5 Å². The minimum atomic E-state index is -4.25. The lowest BCUT2D eigenvalue weighted by molar-refractivity contribution is -0.169. The van der Waals surface area contributed by atoms with Gasteiger partial charge >= 0.3 is 6.18 Å². The zero-order valence-electron chi connectivity index (χ0n) is 18.5. The van der Waals surface area contributed by atoms with Gasteiger partial charge in [-0.1, -0.05) is 32.4 Å². The van der Waals surface area contributed by atoms with Crippen molar-refractivity contribution < 1.29 is 27.5 Å². The molecule has 0 bridgehead atoms. The average Bonchev–Trinajstić information content (AvgIpc) is 2.68. The van der Waals surface area contributed by atoms with Crippen LogP contribution in [-0.2, 0) is 14.3 Å². The number of ether oxygens (including phenoxy) is 1. The summed E-state index contributed by atoms with van der Waals surface area (Å²) in [6.07, 6.45) is -0.495. The van der Waals surface area contributed by atoms with E-state index in [1.54, 1.807) is 0 Å². The highest BCUT2D eigenvalue weighted by Crippen LogP contribution is 2.38. The van der Waals surface area contributed by atoms with Gasteiger partial charge in [0.15, 0.2) is 0 Å². The van der Waals surface area contributed by atoms with Crippen molar-refractivity contribution in [3.63, 3.8) is 0 Å². The molecule has 3 N–H and O–H groups in total. The molecule has 9 heteroatoms. The Hall–Kier alpha value is -1.61. The predicted octanol–water partition coefficient (Wildman–Crippen LogP) is 2.83. The molecule has 0 aromatic rings. The molecular formula is C22H34F3N3O3. The monoisotopic (exact) mass is 445 g/mol. The fourth-order valence-electron chi connectivity index (χ4n) is 4.53. The standard InChI is InChI=1S/C22H34F3N3O3/c1-21(2,3)13-4-7-16(20(30)28-14-5-9-19(29)27-11-14)17(10-13)31-15-6-8-18(26-12-15)22(23,24)25/h4,14-18,26H,5-12H2,1-3H3,(H,27,29)(H,28,30). The Bertz CT molecular complexity index is 684. The molecule has 31 heavy (non-hydrogen) atoms. The number of hydrogen-bond acceptors (Lipinski definition) is 4. The molecule has 6 nitrogen and oxygen atoms in total. The van der Waals surface area contributed by atoms with Gasteiger partial charge in [0.1, 0.15) is 6.04 Å². The maximum Gasteiger partial charge on any atom is 0.403 e. The molecule has 5 atom stereocenters. The highest BCUT2D eigenvalue weighted by Gasteiger charge is 2.43. The Morgan fingerprint density at radius 3 is 2.45 bits per heavy atom. The molecule has 2 fully saturated rings. The Morgan fingerprint density at radius 1 is 1.16 bits per heavy atom. The predicted molar refractivity (Wildman–Crippen MR) is 110 cm³/mol. The van der Waals surface area contributed by atoms with E-state index in [1.807, 2.05) is 0 Å². The molecule has 0 aromatic heterocycles. The number of rotatable bonds is 4. The van der Waals surface area contributed by atoms with Gasteiger partial charge in [-0.3, -0.25) is 9.59 Å². The fraction of sp³-hybridized carbons (Fsp3) is 0.818. The van der Waals surface area contributed by atoms with Gasteiger partial charge < -0.3 is 20.7 Å². The number of alkyl halides is 3. The topological polar surface area (TPSA) is 79.5 Å². The van der Waals surface area contributed by atoms with Crippen molar-refractivity contribution in [2.24, 2.45) is 11.3 Å². The lowest BCUT2D eigenvalue weighted by Gasteiger charge is -2.39. The first-order chi connectivity index (χ1) is 14.4. The van der Waals surface area contributed by atoms with Crippen LogP contribution in [0.3, 0.4) is 0 Å². The number of carbonyl (C=O) groups is 2. The van der Waals surface area contributed by atoms with Crippen LogP contribution < -0.4 is 16.0 Å². The maximum atomic E-state index is 13.0. The van der Waals surface area contributed by atoms with E-state index in [1.165, 1.54) is 5.57 Å². The minimum absolute atomic E-state index is 0.0101. The van der Waals surface area contributed by atoms with Gasteiger partial charge in [-0.25, -0.2) is 0 Å². The van der Waals surface area contributed by atoms with Crippen molar-refractivity contribution in [2.45, 2.75) is 89.8 Å². The SMILES string of the molecule is CC(C)(C)C1=CCC(C(=O)NC2CCC(=O)NC2)C(OC2CCC(C(F)(F)F)NC2)C1.